The number of hydrogen-bond donors (Lipinski definition) is 3. The molecular formula is C14H15N3O3. The van der Waals surface area contributed by atoms with Crippen LogP contribution in [0.2, 0.25) is 0 Å². The molecule has 0 aliphatic carbocycles. The number of amides is 1. The number of para-hydroxylation sites is 2. The molecule has 0 aliphatic rings. The topological polar surface area (TPSA) is 95.1 Å². The van der Waals surface area contributed by atoms with Crippen LogP contribution in [-0.4, -0.2) is 33.5 Å². The molecule has 2 rings (SSSR count). The van der Waals surface area contributed by atoms with Crippen LogP contribution in [-0.2, 0) is 16.0 Å². The van der Waals surface area contributed by atoms with E-state index < -0.39 is 5.97 Å². The van der Waals surface area contributed by atoms with Gasteiger partial charge in [-0.1, -0.05) is 12.1 Å². The number of nitrogens with zero attached hydrogens (tertiary/aromatic N) is 1. The predicted molar refractivity (Wildman–Crippen MR) is 74.2 cm³/mol. The maximum atomic E-state index is 11.6. The molecule has 0 radical (unpaired) electrons. The first-order chi connectivity index (χ1) is 9.56. The van der Waals surface area contributed by atoms with E-state index in [4.69, 9.17) is 5.11 Å². The molecule has 1 aromatic carbocycles. The van der Waals surface area contributed by atoms with Crippen molar-refractivity contribution in [2.24, 2.45) is 0 Å². The highest BCUT2D eigenvalue weighted by Gasteiger charge is 2.06. The molecule has 0 spiro atoms. The number of carbonyl (C=O) groups excluding carboxylic acids is 1. The number of carboxylic acid groups (broad SMARTS) is 1. The second kappa shape index (κ2) is 6.01. The summed E-state index contributed by atoms with van der Waals surface area (Å²) in [5.41, 5.74) is 2.01. The largest absolute Gasteiger partial charge is 0.478 e. The Morgan fingerprint density at radius 2 is 2.15 bits per heavy atom. The van der Waals surface area contributed by atoms with E-state index in [1.165, 1.54) is 6.92 Å². The van der Waals surface area contributed by atoms with Gasteiger partial charge in [-0.15, -0.1) is 0 Å². The van der Waals surface area contributed by atoms with Gasteiger partial charge in [0.1, 0.15) is 5.82 Å². The molecule has 0 fully saturated rings. The van der Waals surface area contributed by atoms with Crippen LogP contribution >= 0.6 is 0 Å². The fourth-order valence-corrected chi connectivity index (χ4v) is 1.81. The number of nitrogens with one attached hydrogen (secondary N) is 2. The lowest BCUT2D eigenvalue weighted by molar-refractivity contribution is -0.131. The van der Waals surface area contributed by atoms with Crippen molar-refractivity contribution in [2.75, 3.05) is 6.54 Å². The van der Waals surface area contributed by atoms with Gasteiger partial charge >= 0.3 is 5.97 Å². The lowest BCUT2D eigenvalue weighted by Gasteiger charge is -2.03. The standard InChI is InChI=1S/C14H15N3O3/c1-9(8-13(18)19)14(20)15-7-6-12-16-10-4-2-3-5-11(10)17-12/h2-5,8H,6-7H2,1H3,(H,15,20)(H,16,17)(H,18,19)/b9-8+. The van der Waals surface area contributed by atoms with Crippen LogP contribution in [0, 0.1) is 0 Å². The van der Waals surface area contributed by atoms with Crippen LogP contribution in [0.15, 0.2) is 35.9 Å². The third-order valence-electron chi connectivity index (χ3n) is 2.78. The lowest BCUT2D eigenvalue weighted by atomic mass is 10.2. The summed E-state index contributed by atoms with van der Waals surface area (Å²) in [6, 6.07) is 7.68. The second-order valence-corrected chi connectivity index (χ2v) is 4.37. The summed E-state index contributed by atoms with van der Waals surface area (Å²) < 4.78 is 0. The molecule has 6 nitrogen and oxygen atoms in total. The van der Waals surface area contributed by atoms with E-state index in [2.05, 4.69) is 15.3 Å². The van der Waals surface area contributed by atoms with E-state index in [0.29, 0.717) is 13.0 Å². The minimum Gasteiger partial charge on any atom is -0.478 e. The Kier molecular flexibility index (Phi) is 4.14. The Morgan fingerprint density at radius 1 is 1.40 bits per heavy atom. The fourth-order valence-electron chi connectivity index (χ4n) is 1.81. The van der Waals surface area contributed by atoms with Crippen molar-refractivity contribution in [3.8, 4) is 0 Å². The minimum absolute atomic E-state index is 0.169. The molecule has 1 amide bonds. The van der Waals surface area contributed by atoms with Gasteiger partial charge in [0.25, 0.3) is 0 Å². The molecule has 1 heterocycles. The third kappa shape index (κ3) is 3.44. The molecule has 104 valence electrons. The Morgan fingerprint density at radius 3 is 2.85 bits per heavy atom. The lowest BCUT2D eigenvalue weighted by Crippen LogP contribution is -2.26. The highest BCUT2D eigenvalue weighted by Crippen LogP contribution is 2.10. The number of aliphatic carboxylic acids is 1. The summed E-state index contributed by atoms with van der Waals surface area (Å²) >= 11 is 0. The molecule has 2 aromatic rings. The number of aromatic nitrogens is 2. The van der Waals surface area contributed by atoms with Crippen molar-refractivity contribution in [1.82, 2.24) is 15.3 Å². The van der Waals surface area contributed by atoms with Crippen LogP contribution in [0.1, 0.15) is 12.7 Å². The number of carboxylic acids is 1. The van der Waals surface area contributed by atoms with Crippen LogP contribution in [0.4, 0.5) is 0 Å². The summed E-state index contributed by atoms with van der Waals surface area (Å²) in [6.07, 6.45) is 1.44. The number of fused-ring (bicyclic) bond motifs is 1. The SMILES string of the molecule is C/C(=C\C(=O)O)C(=O)NCCc1nc2ccccc2[nH]1. The molecule has 0 saturated carbocycles. The molecular weight excluding hydrogens is 258 g/mol. The van der Waals surface area contributed by atoms with E-state index in [0.717, 1.165) is 22.9 Å². The van der Waals surface area contributed by atoms with Crippen molar-refractivity contribution >= 4 is 22.9 Å². The van der Waals surface area contributed by atoms with Crippen LogP contribution in [0.25, 0.3) is 11.0 Å². The first-order valence-electron chi connectivity index (χ1n) is 6.19. The summed E-state index contributed by atoms with van der Waals surface area (Å²) in [5, 5.41) is 11.2. The summed E-state index contributed by atoms with van der Waals surface area (Å²) in [6.45, 7) is 1.86. The molecule has 0 aliphatic heterocycles. The molecule has 1 aromatic heterocycles. The Balaban J connectivity index is 1.89. The van der Waals surface area contributed by atoms with Crippen molar-refractivity contribution in [3.63, 3.8) is 0 Å². The second-order valence-electron chi connectivity index (χ2n) is 4.37. The first-order valence-corrected chi connectivity index (χ1v) is 6.19. The van der Waals surface area contributed by atoms with E-state index >= 15 is 0 Å². The summed E-state index contributed by atoms with van der Waals surface area (Å²) in [7, 11) is 0. The maximum absolute atomic E-state index is 11.6. The minimum atomic E-state index is -1.13. The molecule has 0 unspecified atom stereocenters. The number of imidazole rings is 1. The number of hydrogen-bond acceptors (Lipinski definition) is 3. The number of rotatable bonds is 5. The van der Waals surface area contributed by atoms with Gasteiger partial charge in [-0.05, 0) is 19.1 Å². The van der Waals surface area contributed by atoms with Crippen LogP contribution < -0.4 is 5.32 Å². The third-order valence-corrected chi connectivity index (χ3v) is 2.78. The van der Waals surface area contributed by atoms with Gasteiger partial charge in [0.05, 0.1) is 11.0 Å². The predicted octanol–water partition coefficient (Wildman–Crippen LogP) is 1.25. The first kappa shape index (κ1) is 13.8. The maximum Gasteiger partial charge on any atom is 0.328 e. The molecule has 0 saturated heterocycles. The van der Waals surface area contributed by atoms with Crippen LogP contribution in [0.3, 0.4) is 0 Å². The number of H-pyrrole nitrogens is 1. The van der Waals surface area contributed by atoms with Gasteiger partial charge in [-0.2, -0.15) is 0 Å². The van der Waals surface area contributed by atoms with Gasteiger partial charge in [0, 0.05) is 24.6 Å². The van der Waals surface area contributed by atoms with Crippen molar-refractivity contribution in [3.05, 3.63) is 41.7 Å². The van der Waals surface area contributed by atoms with Gasteiger partial charge in [0.15, 0.2) is 0 Å². The van der Waals surface area contributed by atoms with Gasteiger partial charge < -0.3 is 15.4 Å². The van der Waals surface area contributed by atoms with E-state index in [-0.39, 0.29) is 11.5 Å². The quantitative estimate of drug-likeness (QED) is 0.714. The van der Waals surface area contributed by atoms with Gasteiger partial charge in [0.2, 0.25) is 5.91 Å². The van der Waals surface area contributed by atoms with E-state index in [1.54, 1.807) is 0 Å². The van der Waals surface area contributed by atoms with Gasteiger partial charge in [-0.25, -0.2) is 9.78 Å². The van der Waals surface area contributed by atoms with Crippen molar-refractivity contribution in [1.29, 1.82) is 0 Å². The number of aromatic amines is 1. The monoisotopic (exact) mass is 273 g/mol. The fraction of sp³-hybridized carbons (Fsp3) is 0.214. The van der Waals surface area contributed by atoms with E-state index in [9.17, 15) is 9.59 Å². The Labute approximate surface area is 115 Å². The Hall–Kier alpha value is -2.63. The summed E-state index contributed by atoms with van der Waals surface area (Å²) in [4.78, 5) is 29.6. The average Bonchev–Trinajstić information content (AvgIpc) is 2.80. The zero-order chi connectivity index (χ0) is 14.5. The number of benzene rings is 1. The zero-order valence-corrected chi connectivity index (χ0v) is 11.0. The highest BCUT2D eigenvalue weighted by atomic mass is 16.4. The van der Waals surface area contributed by atoms with E-state index in [1.807, 2.05) is 24.3 Å². The Bertz CT molecular complexity index is 640. The smallest absolute Gasteiger partial charge is 0.328 e. The van der Waals surface area contributed by atoms with Crippen molar-refractivity contribution < 1.29 is 14.7 Å². The molecule has 0 atom stereocenters. The zero-order valence-electron chi connectivity index (χ0n) is 11.0. The molecule has 3 N–H and O–H groups in total. The van der Waals surface area contributed by atoms with Crippen molar-refractivity contribution in [2.45, 2.75) is 13.3 Å². The average molecular weight is 273 g/mol. The highest BCUT2D eigenvalue weighted by molar-refractivity contribution is 5.98. The number of carbonyl (C=O) groups is 2. The molecule has 20 heavy (non-hydrogen) atoms. The van der Waals surface area contributed by atoms with Crippen LogP contribution in [0.5, 0.6) is 0 Å². The molecule has 0 bridgehead atoms. The molecule has 6 heteroatoms. The normalized spacial score (nSPS) is 11.6. The van der Waals surface area contributed by atoms with Gasteiger partial charge in [-0.3, -0.25) is 4.79 Å². The summed E-state index contributed by atoms with van der Waals surface area (Å²) in [5.74, 6) is -0.732.